The van der Waals surface area contributed by atoms with Gasteiger partial charge in [0.1, 0.15) is 10.4 Å². The van der Waals surface area contributed by atoms with Crippen LogP contribution in [-0.4, -0.2) is 89.5 Å². The number of likely N-dealkylation sites (tertiary alicyclic amines) is 1. The lowest BCUT2D eigenvalue weighted by Crippen LogP contribution is -2.45. The van der Waals surface area contributed by atoms with E-state index in [9.17, 15) is 9.59 Å². The molecule has 1 aromatic carbocycles. The average Bonchev–Trinajstić information content (AvgIpc) is 3.47. The van der Waals surface area contributed by atoms with E-state index >= 15 is 0 Å². The Morgan fingerprint density at radius 2 is 2.00 bits per heavy atom. The zero-order chi connectivity index (χ0) is 25.7. The smallest absolute Gasteiger partial charge is 0.258 e. The summed E-state index contributed by atoms with van der Waals surface area (Å²) in [5.74, 6) is 0.235. The van der Waals surface area contributed by atoms with Crippen molar-refractivity contribution in [1.29, 1.82) is 0 Å². The molecular weight excluding hydrogens is 510 g/mol. The third-order valence-corrected chi connectivity index (χ3v) is 9.05. The number of piperazine rings is 1. The minimum Gasteiger partial charge on any atom is -0.352 e. The topological polar surface area (TPSA) is 86.1 Å². The molecule has 0 bridgehead atoms. The number of carbonyl (C=O) groups is 1. The zero-order valence-electron chi connectivity index (χ0n) is 21.0. The van der Waals surface area contributed by atoms with E-state index in [1.54, 1.807) is 6.20 Å². The van der Waals surface area contributed by atoms with Crippen molar-refractivity contribution in [2.24, 2.45) is 0 Å². The third-order valence-electron chi connectivity index (χ3n) is 7.67. The van der Waals surface area contributed by atoms with E-state index in [-0.39, 0.29) is 16.9 Å². The van der Waals surface area contributed by atoms with E-state index in [0.717, 1.165) is 55.8 Å². The number of fused-ring (bicyclic) bond motifs is 5. The van der Waals surface area contributed by atoms with E-state index < -0.39 is 0 Å². The van der Waals surface area contributed by atoms with Gasteiger partial charge in [0.15, 0.2) is 5.65 Å². The lowest BCUT2D eigenvalue weighted by molar-refractivity contribution is 0.0951. The summed E-state index contributed by atoms with van der Waals surface area (Å²) in [5, 5.41) is 3.93. The summed E-state index contributed by atoms with van der Waals surface area (Å²) in [6, 6.07) is 6.07. The van der Waals surface area contributed by atoms with Crippen LogP contribution in [0.2, 0.25) is 5.02 Å². The first-order chi connectivity index (χ1) is 17.9. The van der Waals surface area contributed by atoms with Crippen molar-refractivity contribution < 1.29 is 4.79 Å². The summed E-state index contributed by atoms with van der Waals surface area (Å²) in [6.45, 7) is 5.08. The maximum Gasteiger partial charge on any atom is 0.258 e. The lowest BCUT2D eigenvalue weighted by atomic mass is 10.1. The minimum absolute atomic E-state index is 0.139. The van der Waals surface area contributed by atoms with Crippen molar-refractivity contribution in [2.75, 3.05) is 58.3 Å². The van der Waals surface area contributed by atoms with E-state index in [4.69, 9.17) is 16.6 Å². The molecule has 1 atom stereocenters. The van der Waals surface area contributed by atoms with Crippen molar-refractivity contribution in [1.82, 2.24) is 29.5 Å². The molecule has 0 radical (unpaired) electrons. The molecule has 2 fully saturated rings. The van der Waals surface area contributed by atoms with Crippen LogP contribution in [0, 0.1) is 0 Å². The first kappa shape index (κ1) is 24.5. The largest absolute Gasteiger partial charge is 0.352 e. The van der Waals surface area contributed by atoms with Crippen LogP contribution in [-0.2, 0) is 0 Å². The number of likely N-dealkylation sites (N-methyl/N-ethyl adjacent to an activating group) is 1. The van der Waals surface area contributed by atoms with Crippen molar-refractivity contribution in [3.05, 3.63) is 45.2 Å². The van der Waals surface area contributed by atoms with E-state index in [1.165, 1.54) is 17.8 Å². The third kappa shape index (κ3) is 4.46. The molecule has 3 aromatic heterocycles. The maximum atomic E-state index is 13.7. The predicted octanol–water partition coefficient (Wildman–Crippen LogP) is 3.08. The van der Waals surface area contributed by atoms with Gasteiger partial charge in [-0.25, -0.2) is 4.98 Å². The Kier molecular flexibility index (Phi) is 6.52. The van der Waals surface area contributed by atoms with Crippen LogP contribution in [0.1, 0.15) is 29.6 Å². The Morgan fingerprint density at radius 1 is 1.19 bits per heavy atom. The van der Waals surface area contributed by atoms with E-state index in [2.05, 4.69) is 39.1 Å². The maximum absolute atomic E-state index is 13.7. The Morgan fingerprint density at radius 3 is 2.76 bits per heavy atom. The van der Waals surface area contributed by atoms with E-state index in [1.807, 2.05) is 22.6 Å². The molecule has 0 aliphatic carbocycles. The first-order valence-electron chi connectivity index (χ1n) is 12.8. The molecule has 2 saturated heterocycles. The summed E-state index contributed by atoms with van der Waals surface area (Å²) >= 11 is 7.78. The molecule has 37 heavy (non-hydrogen) atoms. The van der Waals surface area contributed by atoms with Crippen LogP contribution in [0.25, 0.3) is 26.1 Å². The van der Waals surface area contributed by atoms with Gasteiger partial charge in [0.2, 0.25) is 11.4 Å². The van der Waals surface area contributed by atoms with Crippen LogP contribution in [0.5, 0.6) is 0 Å². The van der Waals surface area contributed by atoms with E-state index in [0.29, 0.717) is 39.4 Å². The number of halogens is 1. The molecule has 4 aromatic rings. The summed E-state index contributed by atoms with van der Waals surface area (Å²) in [4.78, 5) is 43.9. The van der Waals surface area contributed by atoms with Crippen LogP contribution < -0.4 is 15.6 Å². The minimum atomic E-state index is -0.356. The number of pyridine rings is 1. The molecule has 1 unspecified atom stereocenters. The van der Waals surface area contributed by atoms with Crippen LogP contribution in [0.15, 0.2) is 29.2 Å². The van der Waals surface area contributed by atoms with Crippen LogP contribution >= 0.6 is 22.9 Å². The summed E-state index contributed by atoms with van der Waals surface area (Å²) in [5.41, 5.74) is 1.12. The molecule has 6 rings (SSSR count). The molecule has 11 heteroatoms. The van der Waals surface area contributed by atoms with Gasteiger partial charge in [0, 0.05) is 50.0 Å². The van der Waals surface area contributed by atoms with Gasteiger partial charge >= 0.3 is 0 Å². The highest BCUT2D eigenvalue weighted by Crippen LogP contribution is 2.32. The standard InChI is InChI=1S/C26H30ClN7O2S/c1-31-10-12-33(13-11-31)26-29-15-18-22(35)21(24(36)28-8-7-17-4-3-9-32(17)2)25-34(23(18)30-26)19-14-16(27)5-6-20(19)37-25/h5-6,14-15,17H,3-4,7-13H2,1-2H3,(H,28,36). The van der Waals surface area contributed by atoms with Crippen molar-refractivity contribution in [2.45, 2.75) is 25.3 Å². The lowest BCUT2D eigenvalue weighted by Gasteiger charge is -2.32. The number of aromatic nitrogens is 3. The molecule has 0 saturated carbocycles. The fourth-order valence-corrected chi connectivity index (χ4v) is 6.78. The molecule has 194 valence electrons. The first-order valence-corrected chi connectivity index (χ1v) is 14.0. The van der Waals surface area contributed by atoms with Crippen LogP contribution in [0.4, 0.5) is 5.95 Å². The Labute approximate surface area is 223 Å². The molecule has 1 amide bonds. The van der Waals surface area contributed by atoms with Gasteiger partial charge < -0.3 is 20.0 Å². The Bertz CT molecular complexity index is 1560. The Balaban J connectivity index is 1.45. The SMILES string of the molecule is CN1CCN(c2ncc3c(=O)c(C(=O)NCCC4CCCN4C)c4sc5ccc(Cl)cc5n4c3n2)CC1. The predicted molar refractivity (Wildman–Crippen MR) is 149 cm³/mol. The molecule has 0 spiro atoms. The highest BCUT2D eigenvalue weighted by molar-refractivity contribution is 7.24. The fourth-order valence-electron chi connectivity index (χ4n) is 5.45. The van der Waals surface area contributed by atoms with Crippen molar-refractivity contribution in [3.8, 4) is 0 Å². The molecule has 1 N–H and O–H groups in total. The number of benzene rings is 1. The Hall–Kier alpha value is -2.79. The number of hydrogen-bond acceptors (Lipinski definition) is 8. The molecule has 2 aliphatic heterocycles. The number of nitrogens with zero attached hydrogens (tertiary/aromatic N) is 6. The van der Waals surface area contributed by atoms with Gasteiger partial charge in [-0.2, -0.15) is 4.98 Å². The normalized spacial score (nSPS) is 19.4. The number of rotatable bonds is 5. The average molecular weight is 540 g/mol. The van der Waals surface area contributed by atoms with Crippen molar-refractivity contribution in [3.63, 3.8) is 0 Å². The van der Waals surface area contributed by atoms with Crippen LogP contribution in [0.3, 0.4) is 0 Å². The van der Waals surface area contributed by atoms with Gasteiger partial charge in [-0.05, 0) is 58.1 Å². The summed E-state index contributed by atoms with van der Waals surface area (Å²) < 4.78 is 2.83. The highest BCUT2D eigenvalue weighted by Gasteiger charge is 2.26. The zero-order valence-corrected chi connectivity index (χ0v) is 22.6. The van der Waals surface area contributed by atoms with Gasteiger partial charge in [-0.3, -0.25) is 14.0 Å². The second-order valence-electron chi connectivity index (χ2n) is 10.1. The summed E-state index contributed by atoms with van der Waals surface area (Å²) in [6.07, 6.45) is 4.75. The summed E-state index contributed by atoms with van der Waals surface area (Å²) in [7, 11) is 4.22. The second-order valence-corrected chi connectivity index (χ2v) is 11.5. The fraction of sp³-hybridized carbons (Fsp3) is 0.462. The number of carbonyl (C=O) groups excluding carboxylic acids is 1. The molecule has 5 heterocycles. The highest BCUT2D eigenvalue weighted by atomic mass is 35.5. The number of anilines is 1. The van der Waals surface area contributed by atoms with Gasteiger partial charge in [-0.1, -0.05) is 11.6 Å². The molecular formula is C26H30ClN7O2S. The number of nitrogens with one attached hydrogen (secondary N) is 1. The van der Waals surface area contributed by atoms with Crippen molar-refractivity contribution >= 4 is 60.9 Å². The number of hydrogen-bond donors (Lipinski definition) is 1. The second kappa shape index (κ2) is 9.83. The van der Waals surface area contributed by atoms with Gasteiger partial charge in [0.05, 0.1) is 15.6 Å². The molecule has 9 nitrogen and oxygen atoms in total. The number of thiazole rings is 1. The van der Waals surface area contributed by atoms with Gasteiger partial charge in [-0.15, -0.1) is 11.3 Å². The molecule has 2 aliphatic rings. The monoisotopic (exact) mass is 539 g/mol. The number of amides is 1. The van der Waals surface area contributed by atoms with Gasteiger partial charge in [0.25, 0.3) is 5.91 Å². The quantitative estimate of drug-likeness (QED) is 0.417.